The molecule has 6 nitrogen and oxygen atoms in total. The van der Waals surface area contributed by atoms with E-state index in [4.69, 9.17) is 9.47 Å². The van der Waals surface area contributed by atoms with Crippen molar-refractivity contribution in [3.05, 3.63) is 35.9 Å². The Kier molecular flexibility index (Phi) is 6.83. The highest BCUT2D eigenvalue weighted by Crippen LogP contribution is 2.32. The number of hydrogen-bond acceptors (Lipinski definition) is 5. The molecule has 2 aliphatic rings. The van der Waals surface area contributed by atoms with Crippen molar-refractivity contribution in [3.63, 3.8) is 0 Å². The molecule has 1 amide bonds. The van der Waals surface area contributed by atoms with Crippen LogP contribution in [-0.2, 0) is 14.3 Å². The number of carbonyl (C=O) groups is 2. The van der Waals surface area contributed by atoms with E-state index in [-0.39, 0.29) is 12.0 Å². The van der Waals surface area contributed by atoms with Crippen LogP contribution in [0.2, 0.25) is 0 Å². The first-order chi connectivity index (χ1) is 13.8. The molecule has 3 atom stereocenters. The van der Waals surface area contributed by atoms with Crippen LogP contribution in [-0.4, -0.2) is 66.3 Å². The summed E-state index contributed by atoms with van der Waals surface area (Å²) < 4.78 is 10.5. The second-order valence-corrected chi connectivity index (χ2v) is 9.14. The molecule has 2 fully saturated rings. The second-order valence-electron chi connectivity index (χ2n) is 9.14. The van der Waals surface area contributed by atoms with E-state index in [2.05, 4.69) is 35.2 Å². The number of methoxy groups -OCH3 is 1. The van der Waals surface area contributed by atoms with Gasteiger partial charge in [0.05, 0.1) is 7.11 Å². The van der Waals surface area contributed by atoms with E-state index in [1.54, 1.807) is 4.90 Å². The van der Waals surface area contributed by atoms with Gasteiger partial charge in [0.1, 0.15) is 11.6 Å². The number of amides is 1. The third kappa shape index (κ3) is 5.50. The molecule has 0 aliphatic carbocycles. The molecule has 0 spiro atoms. The number of ether oxygens (including phenoxy) is 2. The largest absolute Gasteiger partial charge is 0.467 e. The van der Waals surface area contributed by atoms with Crippen LogP contribution in [0, 0.1) is 0 Å². The van der Waals surface area contributed by atoms with Crippen molar-refractivity contribution in [2.24, 2.45) is 0 Å². The summed E-state index contributed by atoms with van der Waals surface area (Å²) in [6.07, 6.45) is 3.33. The fourth-order valence-electron chi connectivity index (χ4n) is 4.51. The van der Waals surface area contributed by atoms with Crippen molar-refractivity contribution < 1.29 is 19.1 Å². The summed E-state index contributed by atoms with van der Waals surface area (Å²) in [5.41, 5.74) is 0.789. The molecule has 0 radical (unpaired) electrons. The van der Waals surface area contributed by atoms with Crippen LogP contribution in [0.3, 0.4) is 0 Å². The summed E-state index contributed by atoms with van der Waals surface area (Å²) in [4.78, 5) is 29.2. The van der Waals surface area contributed by atoms with Gasteiger partial charge in [-0.25, -0.2) is 9.59 Å². The SMILES string of the molecule is COC(=O)[C@@H]1C[C@H](N2CCC[C@@H](c3ccccc3)C2)CCN1C(=O)OC(C)(C)C. The predicted molar refractivity (Wildman–Crippen MR) is 112 cm³/mol. The number of piperidine rings is 2. The van der Waals surface area contributed by atoms with Crippen LogP contribution in [0.5, 0.6) is 0 Å². The van der Waals surface area contributed by atoms with E-state index >= 15 is 0 Å². The maximum absolute atomic E-state index is 12.6. The molecule has 2 heterocycles. The molecule has 0 unspecified atom stereocenters. The summed E-state index contributed by atoms with van der Waals surface area (Å²) in [5, 5.41) is 0. The number of rotatable bonds is 3. The summed E-state index contributed by atoms with van der Waals surface area (Å²) >= 11 is 0. The van der Waals surface area contributed by atoms with Crippen molar-refractivity contribution in [3.8, 4) is 0 Å². The van der Waals surface area contributed by atoms with Crippen molar-refractivity contribution in [1.82, 2.24) is 9.80 Å². The zero-order valence-corrected chi connectivity index (χ0v) is 18.1. The van der Waals surface area contributed by atoms with Gasteiger partial charge in [0, 0.05) is 19.1 Å². The normalized spacial score (nSPS) is 26.1. The van der Waals surface area contributed by atoms with Gasteiger partial charge in [0.15, 0.2) is 0 Å². The van der Waals surface area contributed by atoms with Gasteiger partial charge in [-0.2, -0.15) is 0 Å². The standard InChI is InChI=1S/C23H34N2O4/c1-23(2,3)29-22(27)25-14-12-19(15-20(25)21(26)28-4)24-13-8-11-18(16-24)17-9-6-5-7-10-17/h5-7,9-10,18-20H,8,11-16H2,1-4H3/t18-,19-,20+/m1/s1. The van der Waals surface area contributed by atoms with Gasteiger partial charge >= 0.3 is 12.1 Å². The highest BCUT2D eigenvalue weighted by atomic mass is 16.6. The van der Waals surface area contributed by atoms with E-state index in [0.29, 0.717) is 18.9 Å². The molecular formula is C23H34N2O4. The molecule has 1 aromatic rings. The molecule has 1 aromatic carbocycles. The van der Waals surface area contributed by atoms with Gasteiger partial charge in [0.2, 0.25) is 0 Å². The number of esters is 1. The molecule has 0 bridgehead atoms. The van der Waals surface area contributed by atoms with Crippen LogP contribution in [0.15, 0.2) is 30.3 Å². The number of hydrogen-bond donors (Lipinski definition) is 0. The Balaban J connectivity index is 1.69. The predicted octanol–water partition coefficient (Wildman–Crippen LogP) is 3.81. The number of nitrogens with zero attached hydrogens (tertiary/aromatic N) is 2. The minimum Gasteiger partial charge on any atom is -0.467 e. The smallest absolute Gasteiger partial charge is 0.411 e. The van der Waals surface area contributed by atoms with Crippen molar-refractivity contribution in [2.75, 3.05) is 26.7 Å². The van der Waals surface area contributed by atoms with Crippen LogP contribution in [0.1, 0.15) is 57.9 Å². The molecule has 2 aliphatic heterocycles. The molecule has 29 heavy (non-hydrogen) atoms. The summed E-state index contributed by atoms with van der Waals surface area (Å²) in [5.74, 6) is 0.155. The van der Waals surface area contributed by atoms with Crippen molar-refractivity contribution in [1.29, 1.82) is 0 Å². The minimum atomic E-state index is -0.593. The van der Waals surface area contributed by atoms with Crippen LogP contribution >= 0.6 is 0 Å². The van der Waals surface area contributed by atoms with E-state index in [9.17, 15) is 9.59 Å². The summed E-state index contributed by atoms with van der Waals surface area (Å²) in [7, 11) is 1.38. The third-order valence-electron chi connectivity index (χ3n) is 5.92. The number of carbonyl (C=O) groups excluding carboxylic acids is 2. The fourth-order valence-corrected chi connectivity index (χ4v) is 4.51. The molecule has 0 saturated carbocycles. The Morgan fingerprint density at radius 1 is 1.07 bits per heavy atom. The highest BCUT2D eigenvalue weighted by molar-refractivity contribution is 5.81. The van der Waals surface area contributed by atoms with Gasteiger partial charge in [-0.05, 0) is 64.5 Å². The Morgan fingerprint density at radius 2 is 1.79 bits per heavy atom. The van der Waals surface area contributed by atoms with Crippen molar-refractivity contribution in [2.45, 2.75) is 70.1 Å². The maximum Gasteiger partial charge on any atom is 0.411 e. The maximum atomic E-state index is 12.6. The molecular weight excluding hydrogens is 368 g/mol. The Labute approximate surface area is 174 Å². The molecule has 0 N–H and O–H groups in total. The lowest BCUT2D eigenvalue weighted by atomic mass is 9.87. The first-order valence-electron chi connectivity index (χ1n) is 10.6. The summed E-state index contributed by atoms with van der Waals surface area (Å²) in [6, 6.07) is 10.3. The fraction of sp³-hybridized carbons (Fsp3) is 0.652. The first kappa shape index (κ1) is 21.6. The molecule has 3 rings (SSSR count). The van der Waals surface area contributed by atoms with E-state index in [1.165, 1.54) is 19.1 Å². The van der Waals surface area contributed by atoms with E-state index in [0.717, 1.165) is 25.9 Å². The zero-order valence-electron chi connectivity index (χ0n) is 18.1. The zero-order chi connectivity index (χ0) is 21.0. The first-order valence-corrected chi connectivity index (χ1v) is 10.6. The van der Waals surface area contributed by atoms with Gasteiger partial charge in [-0.15, -0.1) is 0 Å². The lowest BCUT2D eigenvalue weighted by Gasteiger charge is -2.45. The quantitative estimate of drug-likeness (QED) is 0.720. The van der Waals surface area contributed by atoms with Crippen LogP contribution in [0.4, 0.5) is 4.79 Å². The van der Waals surface area contributed by atoms with Gasteiger partial charge in [-0.3, -0.25) is 9.80 Å². The van der Waals surface area contributed by atoms with Gasteiger partial charge < -0.3 is 9.47 Å². The third-order valence-corrected chi connectivity index (χ3v) is 5.92. The minimum absolute atomic E-state index is 0.268. The summed E-state index contributed by atoms with van der Waals surface area (Å²) in [6.45, 7) is 8.04. The lowest BCUT2D eigenvalue weighted by molar-refractivity contribution is -0.149. The number of benzene rings is 1. The van der Waals surface area contributed by atoms with Gasteiger partial charge in [0.25, 0.3) is 0 Å². The van der Waals surface area contributed by atoms with Gasteiger partial charge in [-0.1, -0.05) is 30.3 Å². The Bertz CT molecular complexity index is 701. The molecule has 0 aromatic heterocycles. The van der Waals surface area contributed by atoms with Crippen molar-refractivity contribution >= 4 is 12.1 Å². The average molecular weight is 403 g/mol. The Hall–Kier alpha value is -2.08. The lowest BCUT2D eigenvalue weighted by Crippen LogP contribution is -2.57. The molecule has 2 saturated heterocycles. The highest BCUT2D eigenvalue weighted by Gasteiger charge is 2.41. The average Bonchev–Trinajstić information content (AvgIpc) is 2.72. The second kappa shape index (κ2) is 9.16. The van der Waals surface area contributed by atoms with Crippen LogP contribution < -0.4 is 0 Å². The Morgan fingerprint density at radius 3 is 2.45 bits per heavy atom. The molecule has 160 valence electrons. The van der Waals surface area contributed by atoms with E-state index < -0.39 is 17.7 Å². The number of likely N-dealkylation sites (tertiary alicyclic amines) is 2. The molecule has 6 heteroatoms. The topological polar surface area (TPSA) is 59.1 Å². The monoisotopic (exact) mass is 402 g/mol. The van der Waals surface area contributed by atoms with Crippen LogP contribution in [0.25, 0.3) is 0 Å². The van der Waals surface area contributed by atoms with E-state index in [1.807, 2.05) is 20.8 Å².